The fraction of sp³-hybridized carbons (Fsp3) is 0.200. The molecule has 0 heterocycles. The second kappa shape index (κ2) is 3.90. The quantitative estimate of drug-likeness (QED) is 0.719. The van der Waals surface area contributed by atoms with E-state index in [0.717, 1.165) is 14.7 Å². The van der Waals surface area contributed by atoms with Crippen molar-refractivity contribution in [3.05, 3.63) is 38.8 Å². The summed E-state index contributed by atoms with van der Waals surface area (Å²) in [6.07, 6.45) is 0. The van der Waals surface area contributed by atoms with Crippen molar-refractivity contribution < 1.29 is 0 Å². The SMILES string of the molecule is C[C](C)c1cccc(I)c1C#N. The van der Waals surface area contributed by atoms with Crippen LogP contribution in [0.4, 0.5) is 0 Å². The highest BCUT2D eigenvalue weighted by atomic mass is 127. The summed E-state index contributed by atoms with van der Waals surface area (Å²) in [5.74, 6) is 1.19. The molecule has 1 aromatic rings. The van der Waals surface area contributed by atoms with Gasteiger partial charge in [0.05, 0.1) is 5.56 Å². The van der Waals surface area contributed by atoms with Crippen LogP contribution < -0.4 is 0 Å². The molecule has 0 fully saturated rings. The monoisotopic (exact) mass is 270 g/mol. The molecule has 0 aliphatic rings. The predicted octanol–water partition coefficient (Wildman–Crippen LogP) is 3.13. The first-order valence-electron chi connectivity index (χ1n) is 3.66. The number of halogens is 1. The van der Waals surface area contributed by atoms with Gasteiger partial charge in [-0.25, -0.2) is 0 Å². The van der Waals surface area contributed by atoms with Crippen molar-refractivity contribution in [2.75, 3.05) is 0 Å². The number of hydrogen-bond acceptors (Lipinski definition) is 1. The largest absolute Gasteiger partial charge is 0.192 e. The van der Waals surface area contributed by atoms with Crippen molar-refractivity contribution in [3.63, 3.8) is 0 Å². The maximum atomic E-state index is 8.88. The molecule has 0 bridgehead atoms. The van der Waals surface area contributed by atoms with Crippen LogP contribution in [0.25, 0.3) is 0 Å². The van der Waals surface area contributed by atoms with Crippen LogP contribution in [0.2, 0.25) is 0 Å². The molecule has 0 saturated carbocycles. The van der Waals surface area contributed by atoms with Gasteiger partial charge in [-0.1, -0.05) is 26.0 Å². The highest BCUT2D eigenvalue weighted by Crippen LogP contribution is 2.22. The van der Waals surface area contributed by atoms with Crippen LogP contribution in [0.1, 0.15) is 25.0 Å². The van der Waals surface area contributed by atoms with Crippen LogP contribution in [0.15, 0.2) is 18.2 Å². The number of nitrogens with zero attached hydrogens (tertiary/aromatic N) is 1. The van der Waals surface area contributed by atoms with Gasteiger partial charge in [-0.2, -0.15) is 5.26 Å². The van der Waals surface area contributed by atoms with Gasteiger partial charge in [0.15, 0.2) is 0 Å². The smallest absolute Gasteiger partial charge is 0.101 e. The number of hydrogen-bond donors (Lipinski definition) is 0. The second-order valence-electron chi connectivity index (χ2n) is 2.77. The van der Waals surface area contributed by atoms with Crippen molar-refractivity contribution in [1.82, 2.24) is 0 Å². The topological polar surface area (TPSA) is 23.8 Å². The molecule has 0 unspecified atom stereocenters. The van der Waals surface area contributed by atoms with Crippen LogP contribution in [-0.4, -0.2) is 0 Å². The molecule has 0 atom stereocenters. The van der Waals surface area contributed by atoms with Crippen molar-refractivity contribution in [1.29, 1.82) is 5.26 Å². The van der Waals surface area contributed by atoms with Gasteiger partial charge in [0.25, 0.3) is 0 Å². The Morgan fingerprint density at radius 1 is 1.42 bits per heavy atom. The Balaban J connectivity index is 3.30. The zero-order valence-corrected chi connectivity index (χ0v) is 9.21. The Hall–Kier alpha value is -0.560. The van der Waals surface area contributed by atoms with Gasteiger partial charge in [0.2, 0.25) is 0 Å². The van der Waals surface area contributed by atoms with E-state index in [-0.39, 0.29) is 0 Å². The Morgan fingerprint density at radius 2 is 2.08 bits per heavy atom. The summed E-state index contributed by atoms with van der Waals surface area (Å²) in [5.41, 5.74) is 1.85. The van der Waals surface area contributed by atoms with E-state index in [1.54, 1.807) is 0 Å². The van der Waals surface area contributed by atoms with Gasteiger partial charge in [-0.3, -0.25) is 0 Å². The van der Waals surface area contributed by atoms with E-state index in [4.69, 9.17) is 5.26 Å². The first-order chi connectivity index (χ1) is 5.66. The van der Waals surface area contributed by atoms with Crippen molar-refractivity contribution >= 4 is 22.6 Å². The van der Waals surface area contributed by atoms with Crippen LogP contribution in [0.5, 0.6) is 0 Å². The average molecular weight is 270 g/mol. The lowest BCUT2D eigenvalue weighted by atomic mass is 9.98. The van der Waals surface area contributed by atoms with E-state index < -0.39 is 0 Å². The molecule has 1 rings (SSSR count). The van der Waals surface area contributed by atoms with E-state index in [9.17, 15) is 0 Å². The van der Waals surface area contributed by atoms with Gasteiger partial charge in [-0.15, -0.1) is 0 Å². The lowest BCUT2D eigenvalue weighted by Gasteiger charge is -2.07. The third-order valence-corrected chi connectivity index (χ3v) is 2.56. The molecule has 0 amide bonds. The lowest BCUT2D eigenvalue weighted by Crippen LogP contribution is -1.95. The summed E-state index contributed by atoms with van der Waals surface area (Å²) in [6, 6.07) is 8.13. The van der Waals surface area contributed by atoms with E-state index in [1.807, 2.05) is 32.0 Å². The van der Waals surface area contributed by atoms with E-state index in [0.29, 0.717) is 0 Å². The Kier molecular flexibility index (Phi) is 3.10. The summed E-state index contributed by atoms with van der Waals surface area (Å²) in [5, 5.41) is 8.88. The highest BCUT2D eigenvalue weighted by Gasteiger charge is 2.08. The minimum absolute atomic E-state index is 0.790. The minimum Gasteiger partial charge on any atom is -0.192 e. The molecule has 0 aromatic heterocycles. The van der Waals surface area contributed by atoms with Crippen molar-refractivity contribution in [2.24, 2.45) is 0 Å². The molecular weight excluding hydrogens is 261 g/mol. The van der Waals surface area contributed by atoms with Gasteiger partial charge >= 0.3 is 0 Å². The standard InChI is InChI=1S/C10H9IN/c1-7(2)8-4-3-5-10(11)9(8)6-12/h3-5H,1-2H3. The third kappa shape index (κ3) is 1.78. The van der Waals surface area contributed by atoms with Gasteiger partial charge < -0.3 is 0 Å². The van der Waals surface area contributed by atoms with Crippen LogP contribution in [0.3, 0.4) is 0 Å². The van der Waals surface area contributed by atoms with Crippen LogP contribution >= 0.6 is 22.6 Å². The molecule has 61 valence electrons. The molecule has 0 aliphatic heterocycles. The molecule has 0 aliphatic carbocycles. The molecule has 1 nitrogen and oxygen atoms in total. The van der Waals surface area contributed by atoms with Crippen molar-refractivity contribution in [3.8, 4) is 6.07 Å². The zero-order chi connectivity index (χ0) is 9.14. The maximum absolute atomic E-state index is 8.88. The lowest BCUT2D eigenvalue weighted by molar-refractivity contribution is 1.13. The number of nitriles is 1. The summed E-state index contributed by atoms with van der Waals surface area (Å²) >= 11 is 2.18. The Labute approximate surface area is 86.5 Å². The first kappa shape index (κ1) is 9.53. The molecule has 2 heteroatoms. The molecule has 1 radical (unpaired) electrons. The normalized spacial score (nSPS) is 9.92. The number of rotatable bonds is 1. The molecule has 0 N–H and O–H groups in total. The summed E-state index contributed by atoms with van der Waals surface area (Å²) in [7, 11) is 0. The summed E-state index contributed by atoms with van der Waals surface area (Å²) in [6.45, 7) is 4.04. The van der Waals surface area contributed by atoms with Gasteiger partial charge in [0, 0.05) is 9.49 Å². The average Bonchev–Trinajstić information content (AvgIpc) is 2.03. The fourth-order valence-corrected chi connectivity index (χ4v) is 1.67. The van der Waals surface area contributed by atoms with Gasteiger partial charge in [0.1, 0.15) is 6.07 Å². The Bertz CT molecular complexity index is 323. The van der Waals surface area contributed by atoms with Crippen LogP contribution in [-0.2, 0) is 0 Å². The van der Waals surface area contributed by atoms with Crippen molar-refractivity contribution in [2.45, 2.75) is 13.8 Å². The van der Waals surface area contributed by atoms with Crippen LogP contribution in [0, 0.1) is 20.8 Å². The van der Waals surface area contributed by atoms with E-state index in [1.165, 1.54) is 5.92 Å². The Morgan fingerprint density at radius 3 is 2.50 bits per heavy atom. The zero-order valence-electron chi connectivity index (χ0n) is 7.06. The molecule has 0 saturated heterocycles. The summed E-state index contributed by atoms with van der Waals surface area (Å²) < 4.78 is 1.02. The first-order valence-corrected chi connectivity index (χ1v) is 4.74. The number of benzene rings is 1. The summed E-state index contributed by atoms with van der Waals surface area (Å²) in [4.78, 5) is 0. The van der Waals surface area contributed by atoms with E-state index >= 15 is 0 Å². The molecule has 12 heavy (non-hydrogen) atoms. The molecular formula is C10H9IN. The van der Waals surface area contributed by atoms with E-state index in [2.05, 4.69) is 28.7 Å². The predicted molar refractivity (Wildman–Crippen MR) is 57.6 cm³/mol. The second-order valence-corrected chi connectivity index (χ2v) is 3.94. The van der Waals surface area contributed by atoms with Gasteiger partial charge in [-0.05, 0) is 34.2 Å². The minimum atomic E-state index is 0.790. The highest BCUT2D eigenvalue weighted by molar-refractivity contribution is 14.1. The molecule has 1 aromatic carbocycles. The fourth-order valence-electron chi connectivity index (χ4n) is 1.05. The maximum Gasteiger partial charge on any atom is 0.101 e. The molecule has 0 spiro atoms. The third-order valence-electron chi connectivity index (χ3n) is 1.66.